The maximum atomic E-state index is 11.0. The van der Waals surface area contributed by atoms with Gasteiger partial charge in [-0.05, 0) is 38.9 Å². The number of carbonyl (C=O) groups excluding carboxylic acids is 1. The zero-order valence-electron chi connectivity index (χ0n) is 9.49. The molecular weight excluding hydrogens is 216 g/mol. The highest BCUT2D eigenvalue weighted by Crippen LogP contribution is 2.10. The van der Waals surface area contributed by atoms with Gasteiger partial charge in [0, 0.05) is 6.54 Å². The Hall–Kier alpha value is -0.320. The summed E-state index contributed by atoms with van der Waals surface area (Å²) in [5.74, 6) is 0.523. The lowest BCUT2D eigenvalue weighted by molar-refractivity contribution is -0.141. The number of nitrogens with zero attached hydrogens (tertiary/aromatic N) is 1. The van der Waals surface area contributed by atoms with Crippen LogP contribution in [0.4, 0.5) is 0 Å². The van der Waals surface area contributed by atoms with Gasteiger partial charge in [0.05, 0.1) is 13.7 Å². The highest BCUT2D eigenvalue weighted by Gasteiger charge is 2.16. The van der Waals surface area contributed by atoms with Crippen LogP contribution in [-0.2, 0) is 9.53 Å². The van der Waals surface area contributed by atoms with E-state index in [2.05, 4.69) is 10.1 Å². The average molecular weight is 237 g/mol. The van der Waals surface area contributed by atoms with Crippen molar-refractivity contribution in [3.05, 3.63) is 0 Å². The van der Waals surface area contributed by atoms with Gasteiger partial charge < -0.3 is 10.1 Å². The van der Waals surface area contributed by atoms with E-state index in [0.29, 0.717) is 12.5 Å². The number of esters is 1. The fourth-order valence-electron chi connectivity index (χ4n) is 1.87. The number of ether oxygens (including phenoxy) is 1. The molecule has 1 atom stereocenters. The fraction of sp³-hybridized carbons (Fsp3) is 0.900. The van der Waals surface area contributed by atoms with Crippen LogP contribution in [0.1, 0.15) is 12.8 Å². The molecule has 4 nitrogen and oxygen atoms in total. The second kappa shape index (κ2) is 7.91. The summed E-state index contributed by atoms with van der Waals surface area (Å²) in [7, 11) is 3.39. The molecule has 0 aliphatic carbocycles. The van der Waals surface area contributed by atoms with Crippen molar-refractivity contribution in [2.75, 3.05) is 40.3 Å². The predicted octanol–water partition coefficient (Wildman–Crippen LogP) is 0.513. The molecule has 1 fully saturated rings. The van der Waals surface area contributed by atoms with Gasteiger partial charge in [-0.3, -0.25) is 9.69 Å². The molecule has 0 bridgehead atoms. The minimum absolute atomic E-state index is 0. The van der Waals surface area contributed by atoms with E-state index >= 15 is 0 Å². The second-order valence-electron chi connectivity index (χ2n) is 3.99. The Kier molecular flexibility index (Phi) is 7.74. The number of rotatable bonds is 4. The van der Waals surface area contributed by atoms with Crippen molar-refractivity contribution < 1.29 is 9.53 Å². The summed E-state index contributed by atoms with van der Waals surface area (Å²) in [5.41, 5.74) is 0. The molecule has 15 heavy (non-hydrogen) atoms. The van der Waals surface area contributed by atoms with E-state index in [1.807, 2.05) is 11.9 Å². The molecule has 1 unspecified atom stereocenters. The van der Waals surface area contributed by atoms with Gasteiger partial charge in [0.15, 0.2) is 0 Å². The summed E-state index contributed by atoms with van der Waals surface area (Å²) >= 11 is 0. The molecule has 0 aromatic heterocycles. The number of likely N-dealkylation sites (N-methyl/N-ethyl adjacent to an activating group) is 1. The number of hydrogen-bond acceptors (Lipinski definition) is 4. The number of piperidine rings is 1. The molecule has 5 heteroatoms. The van der Waals surface area contributed by atoms with Gasteiger partial charge in [0.25, 0.3) is 0 Å². The molecule has 90 valence electrons. The summed E-state index contributed by atoms with van der Waals surface area (Å²) < 4.78 is 4.61. The van der Waals surface area contributed by atoms with Crippen molar-refractivity contribution in [3.63, 3.8) is 0 Å². The largest absolute Gasteiger partial charge is 0.468 e. The van der Waals surface area contributed by atoms with Crippen molar-refractivity contribution in [2.45, 2.75) is 12.8 Å². The van der Waals surface area contributed by atoms with E-state index in [1.165, 1.54) is 20.0 Å². The molecule has 1 aliphatic heterocycles. The van der Waals surface area contributed by atoms with Gasteiger partial charge in [-0.25, -0.2) is 0 Å². The predicted molar refractivity (Wildman–Crippen MR) is 62.4 cm³/mol. The first kappa shape index (κ1) is 14.7. The van der Waals surface area contributed by atoms with E-state index in [1.54, 1.807) is 0 Å². The van der Waals surface area contributed by atoms with Crippen molar-refractivity contribution in [2.24, 2.45) is 5.92 Å². The maximum absolute atomic E-state index is 11.0. The lowest BCUT2D eigenvalue weighted by Crippen LogP contribution is -2.38. The van der Waals surface area contributed by atoms with Crippen LogP contribution in [0.15, 0.2) is 0 Å². The van der Waals surface area contributed by atoms with Crippen LogP contribution in [0.2, 0.25) is 0 Å². The average Bonchev–Trinajstić information content (AvgIpc) is 2.19. The van der Waals surface area contributed by atoms with Crippen LogP contribution >= 0.6 is 12.4 Å². The Morgan fingerprint density at radius 3 is 2.87 bits per heavy atom. The Bertz CT molecular complexity index is 184. The number of methoxy groups -OCH3 is 1. The minimum atomic E-state index is -0.156. The Morgan fingerprint density at radius 1 is 1.60 bits per heavy atom. The van der Waals surface area contributed by atoms with Crippen molar-refractivity contribution >= 4 is 18.4 Å². The van der Waals surface area contributed by atoms with Crippen LogP contribution in [0.3, 0.4) is 0 Å². The molecule has 0 aromatic carbocycles. The van der Waals surface area contributed by atoms with E-state index in [-0.39, 0.29) is 18.4 Å². The molecule has 0 aromatic rings. The quantitative estimate of drug-likeness (QED) is 0.723. The summed E-state index contributed by atoms with van der Waals surface area (Å²) in [6, 6.07) is 0. The molecule has 0 amide bonds. The van der Waals surface area contributed by atoms with Crippen LogP contribution in [-0.4, -0.2) is 51.2 Å². The third kappa shape index (κ3) is 5.97. The summed E-state index contributed by atoms with van der Waals surface area (Å²) in [6.07, 6.45) is 2.51. The Labute approximate surface area is 97.8 Å². The van der Waals surface area contributed by atoms with Crippen molar-refractivity contribution in [1.82, 2.24) is 10.2 Å². The topological polar surface area (TPSA) is 41.6 Å². The molecule has 1 N–H and O–H groups in total. The second-order valence-corrected chi connectivity index (χ2v) is 3.99. The van der Waals surface area contributed by atoms with E-state index in [4.69, 9.17) is 0 Å². The van der Waals surface area contributed by atoms with Crippen LogP contribution in [0.25, 0.3) is 0 Å². The molecular formula is C10H21ClN2O2. The molecule has 1 heterocycles. The number of hydrogen-bond donors (Lipinski definition) is 1. The monoisotopic (exact) mass is 236 g/mol. The Balaban J connectivity index is 0.00000196. The molecule has 0 saturated carbocycles. The molecule has 1 saturated heterocycles. The number of nitrogens with one attached hydrogen (secondary N) is 1. The van der Waals surface area contributed by atoms with E-state index in [9.17, 15) is 4.79 Å². The fourth-order valence-corrected chi connectivity index (χ4v) is 1.87. The van der Waals surface area contributed by atoms with Gasteiger partial charge in [0.1, 0.15) is 0 Å². The third-order valence-corrected chi connectivity index (χ3v) is 2.60. The lowest BCUT2D eigenvalue weighted by atomic mass is 9.99. The van der Waals surface area contributed by atoms with Gasteiger partial charge in [-0.15, -0.1) is 12.4 Å². The zero-order chi connectivity index (χ0) is 10.4. The van der Waals surface area contributed by atoms with Gasteiger partial charge in [-0.1, -0.05) is 0 Å². The number of halogens is 1. The molecule has 0 radical (unpaired) electrons. The van der Waals surface area contributed by atoms with Crippen LogP contribution < -0.4 is 5.32 Å². The third-order valence-electron chi connectivity index (χ3n) is 2.60. The van der Waals surface area contributed by atoms with Gasteiger partial charge >= 0.3 is 5.97 Å². The normalized spacial score (nSPS) is 20.9. The van der Waals surface area contributed by atoms with Crippen molar-refractivity contribution in [3.8, 4) is 0 Å². The standard InChI is InChI=1S/C10H20N2O2.ClH/c1-12(8-10(13)14-2)7-9-4-3-5-11-6-9;/h9,11H,3-8H2,1-2H3;1H. The summed E-state index contributed by atoms with van der Waals surface area (Å²) in [6.45, 7) is 3.58. The first-order chi connectivity index (χ1) is 6.72. The molecule has 1 rings (SSSR count). The first-order valence-corrected chi connectivity index (χ1v) is 5.18. The van der Waals surface area contributed by atoms with Gasteiger partial charge in [0.2, 0.25) is 0 Å². The highest BCUT2D eigenvalue weighted by molar-refractivity contribution is 5.85. The number of carbonyl (C=O) groups is 1. The zero-order valence-corrected chi connectivity index (χ0v) is 10.3. The smallest absolute Gasteiger partial charge is 0.319 e. The van der Waals surface area contributed by atoms with Crippen LogP contribution in [0.5, 0.6) is 0 Å². The summed E-state index contributed by atoms with van der Waals surface area (Å²) in [5, 5.41) is 3.36. The van der Waals surface area contributed by atoms with Crippen LogP contribution in [0, 0.1) is 5.92 Å². The van der Waals surface area contributed by atoms with E-state index in [0.717, 1.165) is 19.6 Å². The van der Waals surface area contributed by atoms with Gasteiger partial charge in [-0.2, -0.15) is 0 Å². The maximum Gasteiger partial charge on any atom is 0.319 e. The summed E-state index contributed by atoms with van der Waals surface area (Å²) in [4.78, 5) is 13.0. The highest BCUT2D eigenvalue weighted by atomic mass is 35.5. The van der Waals surface area contributed by atoms with E-state index < -0.39 is 0 Å². The Morgan fingerprint density at radius 2 is 2.33 bits per heavy atom. The lowest BCUT2D eigenvalue weighted by Gasteiger charge is -2.26. The molecule has 0 spiro atoms. The first-order valence-electron chi connectivity index (χ1n) is 5.18. The SMILES string of the molecule is COC(=O)CN(C)CC1CCCNC1.Cl. The molecule has 1 aliphatic rings. The van der Waals surface area contributed by atoms with Crippen molar-refractivity contribution in [1.29, 1.82) is 0 Å². The minimum Gasteiger partial charge on any atom is -0.468 e.